The van der Waals surface area contributed by atoms with Crippen LogP contribution in [0, 0.1) is 13.8 Å². The highest BCUT2D eigenvalue weighted by atomic mass is 16.1. The summed E-state index contributed by atoms with van der Waals surface area (Å²) < 4.78 is 1.83. The number of hydrogen-bond acceptors (Lipinski definition) is 5. The Kier molecular flexibility index (Phi) is 4.93. The molecule has 3 aromatic heterocycles. The molecular formula is C25H24N6O. The molecule has 32 heavy (non-hydrogen) atoms. The predicted octanol–water partition coefficient (Wildman–Crippen LogP) is 4.84. The summed E-state index contributed by atoms with van der Waals surface area (Å²) in [6, 6.07) is 16.0. The van der Waals surface area contributed by atoms with E-state index in [0.29, 0.717) is 11.5 Å². The smallest absolute Gasteiger partial charge is 0.263 e. The van der Waals surface area contributed by atoms with Crippen LogP contribution in [0.15, 0.2) is 66.0 Å². The number of aromatic amines is 1. The second kappa shape index (κ2) is 7.92. The summed E-state index contributed by atoms with van der Waals surface area (Å²) in [5.74, 6) is 0.659. The molecule has 0 aliphatic rings. The van der Waals surface area contributed by atoms with Crippen molar-refractivity contribution in [2.45, 2.75) is 33.2 Å². The summed E-state index contributed by atoms with van der Waals surface area (Å²) in [6.45, 7) is 6.11. The molecule has 2 N–H and O–H groups in total. The molecule has 0 fully saturated rings. The van der Waals surface area contributed by atoms with E-state index in [1.54, 1.807) is 6.33 Å². The molecule has 5 rings (SSSR count). The van der Waals surface area contributed by atoms with E-state index < -0.39 is 0 Å². The van der Waals surface area contributed by atoms with Gasteiger partial charge in [0.05, 0.1) is 17.8 Å². The zero-order valence-electron chi connectivity index (χ0n) is 18.3. The first-order valence-electron chi connectivity index (χ1n) is 10.7. The lowest BCUT2D eigenvalue weighted by Crippen LogP contribution is -2.27. The Balaban J connectivity index is 1.75. The van der Waals surface area contributed by atoms with Gasteiger partial charge in [0, 0.05) is 11.4 Å². The third kappa shape index (κ3) is 3.32. The average molecular weight is 425 g/mol. The maximum Gasteiger partial charge on any atom is 0.263 e. The average Bonchev–Trinajstić information content (AvgIpc) is 3.27. The number of benzene rings is 2. The van der Waals surface area contributed by atoms with Gasteiger partial charge in [-0.3, -0.25) is 9.36 Å². The fourth-order valence-corrected chi connectivity index (χ4v) is 4.27. The number of rotatable bonds is 5. The summed E-state index contributed by atoms with van der Waals surface area (Å²) in [4.78, 5) is 29.8. The number of nitrogens with one attached hydrogen (secondary N) is 2. The fourth-order valence-electron chi connectivity index (χ4n) is 4.27. The van der Waals surface area contributed by atoms with Crippen molar-refractivity contribution in [2.24, 2.45) is 0 Å². The monoisotopic (exact) mass is 424 g/mol. The molecule has 2 aromatic carbocycles. The van der Waals surface area contributed by atoms with Gasteiger partial charge in [0.25, 0.3) is 5.56 Å². The number of fused-ring (bicyclic) bond motifs is 2. The van der Waals surface area contributed by atoms with Crippen molar-refractivity contribution in [1.29, 1.82) is 0 Å². The molecule has 1 unspecified atom stereocenters. The Bertz CT molecular complexity index is 1500. The molecule has 7 nitrogen and oxygen atoms in total. The van der Waals surface area contributed by atoms with Gasteiger partial charge >= 0.3 is 0 Å². The number of anilines is 1. The van der Waals surface area contributed by atoms with Crippen LogP contribution >= 0.6 is 0 Å². The standard InChI is InChI=1S/C25H24N6O/c1-4-19(30-24-22-23(27-13-26-22)28-14-29-24)20-12-17-9-6-8-16(3)21(17)25(32)31(20)18-10-5-7-15(2)11-18/h5-14,19H,4H2,1-3H3,(H2,26,27,28,29,30). The van der Waals surface area contributed by atoms with Crippen LogP contribution in [-0.2, 0) is 0 Å². The molecule has 1 atom stereocenters. The Morgan fingerprint density at radius 2 is 1.91 bits per heavy atom. The van der Waals surface area contributed by atoms with Crippen LogP contribution in [0.3, 0.4) is 0 Å². The van der Waals surface area contributed by atoms with Crippen molar-refractivity contribution in [3.8, 4) is 5.69 Å². The summed E-state index contributed by atoms with van der Waals surface area (Å²) in [6.07, 6.45) is 3.85. The highest BCUT2D eigenvalue weighted by Gasteiger charge is 2.21. The molecular weight excluding hydrogens is 400 g/mol. The first kappa shape index (κ1) is 19.9. The van der Waals surface area contributed by atoms with Crippen molar-refractivity contribution in [2.75, 3.05) is 5.32 Å². The maximum absolute atomic E-state index is 13.8. The largest absolute Gasteiger partial charge is 0.360 e. The van der Waals surface area contributed by atoms with Gasteiger partial charge < -0.3 is 10.3 Å². The Morgan fingerprint density at radius 1 is 1.06 bits per heavy atom. The maximum atomic E-state index is 13.8. The number of H-pyrrole nitrogens is 1. The van der Waals surface area contributed by atoms with Crippen LogP contribution in [0.25, 0.3) is 27.6 Å². The Hall–Kier alpha value is -4.00. The van der Waals surface area contributed by atoms with Gasteiger partial charge in [-0.15, -0.1) is 0 Å². The number of aromatic nitrogens is 5. The topological polar surface area (TPSA) is 88.5 Å². The van der Waals surface area contributed by atoms with Gasteiger partial charge in [0.1, 0.15) is 11.8 Å². The van der Waals surface area contributed by atoms with E-state index in [4.69, 9.17) is 0 Å². The summed E-state index contributed by atoms with van der Waals surface area (Å²) >= 11 is 0. The fraction of sp³-hybridized carbons (Fsp3) is 0.200. The van der Waals surface area contributed by atoms with Gasteiger partial charge in [-0.1, -0.05) is 37.3 Å². The highest BCUT2D eigenvalue weighted by molar-refractivity contribution is 5.86. The van der Waals surface area contributed by atoms with Crippen LogP contribution in [0.1, 0.15) is 36.2 Å². The molecule has 5 aromatic rings. The van der Waals surface area contributed by atoms with Crippen molar-refractivity contribution in [3.63, 3.8) is 0 Å². The van der Waals surface area contributed by atoms with Crippen molar-refractivity contribution < 1.29 is 0 Å². The predicted molar refractivity (Wildman–Crippen MR) is 127 cm³/mol. The minimum atomic E-state index is -0.158. The van der Waals surface area contributed by atoms with Crippen molar-refractivity contribution in [1.82, 2.24) is 24.5 Å². The second-order valence-electron chi connectivity index (χ2n) is 8.02. The summed E-state index contributed by atoms with van der Waals surface area (Å²) in [5.41, 5.74) is 5.13. The first-order valence-corrected chi connectivity index (χ1v) is 10.7. The molecule has 0 aliphatic heterocycles. The van der Waals surface area contributed by atoms with Crippen LogP contribution < -0.4 is 10.9 Å². The lowest BCUT2D eigenvalue weighted by Gasteiger charge is -2.24. The normalized spacial score (nSPS) is 12.3. The summed E-state index contributed by atoms with van der Waals surface area (Å²) in [7, 11) is 0. The van der Waals surface area contributed by atoms with E-state index in [0.717, 1.165) is 45.2 Å². The Morgan fingerprint density at radius 3 is 2.72 bits per heavy atom. The van der Waals surface area contributed by atoms with E-state index in [-0.39, 0.29) is 11.6 Å². The Labute approximate surface area is 185 Å². The third-order valence-electron chi connectivity index (χ3n) is 5.84. The van der Waals surface area contributed by atoms with Gasteiger partial charge in [-0.2, -0.15) is 0 Å². The van der Waals surface area contributed by atoms with Crippen molar-refractivity contribution >= 4 is 27.8 Å². The number of aryl methyl sites for hydroxylation is 2. The minimum absolute atomic E-state index is 0.0178. The van der Waals surface area contributed by atoms with Crippen LogP contribution in [0.4, 0.5) is 5.82 Å². The van der Waals surface area contributed by atoms with E-state index in [9.17, 15) is 4.79 Å². The molecule has 0 saturated heterocycles. The van der Waals surface area contributed by atoms with E-state index in [1.165, 1.54) is 6.33 Å². The quantitative estimate of drug-likeness (QED) is 0.422. The molecule has 0 spiro atoms. The number of nitrogens with zero attached hydrogens (tertiary/aromatic N) is 4. The molecule has 7 heteroatoms. The van der Waals surface area contributed by atoms with Gasteiger partial charge in [0.2, 0.25) is 0 Å². The van der Waals surface area contributed by atoms with Crippen LogP contribution in [0.5, 0.6) is 0 Å². The zero-order chi connectivity index (χ0) is 22.2. The molecule has 160 valence electrons. The van der Waals surface area contributed by atoms with Gasteiger partial charge in [0.15, 0.2) is 11.5 Å². The molecule has 0 amide bonds. The van der Waals surface area contributed by atoms with Crippen LogP contribution in [0.2, 0.25) is 0 Å². The zero-order valence-corrected chi connectivity index (χ0v) is 18.3. The molecule has 0 saturated carbocycles. The first-order chi connectivity index (χ1) is 15.6. The lowest BCUT2D eigenvalue weighted by atomic mass is 10.0. The molecule has 0 bridgehead atoms. The van der Waals surface area contributed by atoms with E-state index in [2.05, 4.69) is 38.2 Å². The summed E-state index contributed by atoms with van der Waals surface area (Å²) in [5, 5.41) is 5.20. The molecule has 3 heterocycles. The molecule has 0 aliphatic carbocycles. The van der Waals surface area contributed by atoms with Crippen molar-refractivity contribution in [3.05, 3.63) is 88.4 Å². The van der Waals surface area contributed by atoms with Crippen LogP contribution in [-0.4, -0.2) is 24.5 Å². The molecule has 0 radical (unpaired) electrons. The second-order valence-corrected chi connectivity index (χ2v) is 8.02. The van der Waals surface area contributed by atoms with E-state index >= 15 is 0 Å². The number of pyridine rings is 1. The number of imidazole rings is 1. The highest BCUT2D eigenvalue weighted by Crippen LogP contribution is 2.28. The SMILES string of the molecule is CCC(Nc1ncnc2nc[nH]c12)c1cc2cccc(C)c2c(=O)n1-c1cccc(C)c1. The third-order valence-corrected chi connectivity index (χ3v) is 5.84. The van der Waals surface area contributed by atoms with Gasteiger partial charge in [-0.05, 0) is 55.0 Å². The lowest BCUT2D eigenvalue weighted by molar-refractivity contribution is 0.688. The van der Waals surface area contributed by atoms with Gasteiger partial charge in [-0.25, -0.2) is 15.0 Å². The van der Waals surface area contributed by atoms with E-state index in [1.807, 2.05) is 60.9 Å². The number of hydrogen-bond donors (Lipinski definition) is 2. The minimum Gasteiger partial charge on any atom is -0.360 e.